The van der Waals surface area contributed by atoms with E-state index in [1.807, 2.05) is 30.3 Å². The Bertz CT molecular complexity index is 1400. The van der Waals surface area contributed by atoms with Crippen molar-refractivity contribution < 1.29 is 42.7 Å². The molecule has 41 heavy (non-hydrogen) atoms. The summed E-state index contributed by atoms with van der Waals surface area (Å²) in [6.45, 7) is 4.03. The molecular formula is C31H33NO9. The van der Waals surface area contributed by atoms with Crippen LogP contribution in [0.3, 0.4) is 0 Å². The van der Waals surface area contributed by atoms with Gasteiger partial charge in [0.05, 0.1) is 72.5 Å². The lowest BCUT2D eigenvalue weighted by Crippen LogP contribution is -2.32. The number of carbonyl (C=O) groups excluding carboxylic acids is 1. The first-order valence-corrected chi connectivity index (χ1v) is 13.1. The van der Waals surface area contributed by atoms with Gasteiger partial charge in [-0.2, -0.15) is 0 Å². The normalized spacial score (nSPS) is 16.4. The maximum atomic E-state index is 13.2. The van der Waals surface area contributed by atoms with Gasteiger partial charge in [-0.05, 0) is 48.5 Å². The van der Waals surface area contributed by atoms with Crippen LogP contribution in [0.1, 0.15) is 21.5 Å². The van der Waals surface area contributed by atoms with E-state index in [0.717, 1.165) is 43.4 Å². The fourth-order valence-corrected chi connectivity index (χ4v) is 4.66. The molecule has 0 aromatic heterocycles. The predicted octanol–water partition coefficient (Wildman–Crippen LogP) is 4.73. The lowest BCUT2D eigenvalue weighted by Gasteiger charge is -2.31. The second-order valence-electron chi connectivity index (χ2n) is 9.20. The van der Waals surface area contributed by atoms with Crippen LogP contribution in [0, 0.1) is 0 Å². The zero-order chi connectivity index (χ0) is 28.8. The van der Waals surface area contributed by atoms with Crippen molar-refractivity contribution >= 4 is 17.5 Å². The molecule has 10 heteroatoms. The summed E-state index contributed by atoms with van der Waals surface area (Å²) in [5, 5.41) is 0. The Morgan fingerprint density at radius 1 is 0.780 bits per heavy atom. The molecule has 6 rings (SSSR count). The Hall–Kier alpha value is -4.41. The molecular weight excluding hydrogens is 530 g/mol. The molecule has 3 heterocycles. The number of anilines is 1. The fourth-order valence-electron chi connectivity index (χ4n) is 4.66. The summed E-state index contributed by atoms with van der Waals surface area (Å²) in [6.07, 6.45) is 1.65. The first kappa shape index (κ1) is 28.1. The van der Waals surface area contributed by atoms with Crippen molar-refractivity contribution in [1.29, 1.82) is 0 Å². The Morgan fingerprint density at radius 3 is 2.05 bits per heavy atom. The highest BCUT2D eigenvalue weighted by atomic mass is 16.6. The van der Waals surface area contributed by atoms with Gasteiger partial charge in [-0.3, -0.25) is 4.79 Å². The molecule has 216 valence electrons. The van der Waals surface area contributed by atoms with E-state index in [-0.39, 0.29) is 11.5 Å². The first-order valence-electron chi connectivity index (χ1n) is 13.1. The molecule has 3 aliphatic rings. The highest BCUT2D eigenvalue weighted by Crippen LogP contribution is 2.44. The quantitative estimate of drug-likeness (QED) is 0.392. The molecule has 0 spiro atoms. The molecule has 3 aromatic carbocycles. The maximum absolute atomic E-state index is 13.2. The van der Waals surface area contributed by atoms with Gasteiger partial charge in [-0.25, -0.2) is 0 Å². The fraction of sp³-hybridized carbons (Fsp3) is 0.323. The highest BCUT2D eigenvalue weighted by molar-refractivity contribution is 6.15. The van der Waals surface area contributed by atoms with Crippen molar-refractivity contribution in [3.05, 3.63) is 71.0 Å². The Morgan fingerprint density at radius 2 is 1.44 bits per heavy atom. The van der Waals surface area contributed by atoms with E-state index in [4.69, 9.17) is 37.9 Å². The van der Waals surface area contributed by atoms with Gasteiger partial charge in [0.2, 0.25) is 5.78 Å². The summed E-state index contributed by atoms with van der Waals surface area (Å²) < 4.78 is 43.5. The minimum Gasteiger partial charge on any atom is -0.497 e. The van der Waals surface area contributed by atoms with Crippen molar-refractivity contribution in [2.45, 2.75) is 6.54 Å². The topological polar surface area (TPSA) is 94.2 Å². The summed E-state index contributed by atoms with van der Waals surface area (Å²) in [7, 11) is 6.29. The summed E-state index contributed by atoms with van der Waals surface area (Å²) in [6, 6.07) is 14.8. The van der Waals surface area contributed by atoms with Crippen LogP contribution in [0.5, 0.6) is 34.5 Å². The van der Waals surface area contributed by atoms with Crippen LogP contribution >= 0.6 is 0 Å². The number of nitrogens with zero attached hydrogens (tertiary/aromatic N) is 1. The average Bonchev–Trinajstić information content (AvgIpc) is 3.36. The number of ether oxygens (including phenoxy) is 8. The summed E-state index contributed by atoms with van der Waals surface area (Å²) in [5.74, 6) is 3.55. The molecule has 1 fully saturated rings. The van der Waals surface area contributed by atoms with Crippen molar-refractivity contribution in [2.75, 3.05) is 66.5 Å². The smallest absolute Gasteiger partial charge is 0.231 e. The van der Waals surface area contributed by atoms with E-state index in [2.05, 4.69) is 4.90 Å². The molecule has 1 saturated heterocycles. The lowest BCUT2D eigenvalue weighted by atomic mass is 10.0. The lowest BCUT2D eigenvalue weighted by molar-refractivity contribution is -0.0334. The number of methoxy groups -OCH3 is 4. The van der Waals surface area contributed by atoms with E-state index in [9.17, 15) is 4.79 Å². The van der Waals surface area contributed by atoms with Gasteiger partial charge in [0.25, 0.3) is 0 Å². The average molecular weight is 564 g/mol. The van der Waals surface area contributed by atoms with Crippen molar-refractivity contribution in [3.63, 3.8) is 0 Å². The molecule has 3 aliphatic heterocycles. The van der Waals surface area contributed by atoms with Crippen LogP contribution < -0.4 is 33.3 Å². The molecule has 0 atom stereocenters. The van der Waals surface area contributed by atoms with Gasteiger partial charge < -0.3 is 42.8 Å². The highest BCUT2D eigenvalue weighted by Gasteiger charge is 2.34. The van der Waals surface area contributed by atoms with E-state index in [1.54, 1.807) is 52.7 Å². The molecule has 10 nitrogen and oxygen atoms in total. The number of hydrogen-bond donors (Lipinski definition) is 0. The Balaban J connectivity index is 0.000000500. The SMILES string of the molecule is C1COCCO1.COc1ccc(N2COc3ccc4c(c3C2)OC(=Cc2cc(OC)c(OC)cc2OC)C4=O)cc1. The number of allylic oxidation sites excluding steroid dienone is 1. The second-order valence-corrected chi connectivity index (χ2v) is 9.20. The standard InChI is InChI=1S/C27H25NO7.C4H8O2/c1-30-18-7-5-17(6-8-18)28-14-20-21(34-15-28)10-9-19-26(29)25(35-27(19)20)12-16-11-23(32-3)24(33-4)13-22(16)31-2;1-2-6-4-3-5-1/h5-13H,14-15H2,1-4H3;1-4H2. The maximum Gasteiger partial charge on any atom is 0.231 e. The van der Waals surface area contributed by atoms with E-state index in [0.29, 0.717) is 53.2 Å². The third kappa shape index (κ3) is 6.03. The summed E-state index contributed by atoms with van der Waals surface area (Å²) >= 11 is 0. The van der Waals surface area contributed by atoms with Crippen LogP contribution in [0.25, 0.3) is 6.08 Å². The van der Waals surface area contributed by atoms with Crippen molar-refractivity contribution in [2.24, 2.45) is 0 Å². The van der Waals surface area contributed by atoms with Gasteiger partial charge in [0.15, 0.2) is 24.0 Å². The van der Waals surface area contributed by atoms with Crippen LogP contribution in [0.4, 0.5) is 5.69 Å². The van der Waals surface area contributed by atoms with Gasteiger partial charge in [0.1, 0.15) is 23.0 Å². The van der Waals surface area contributed by atoms with Crippen molar-refractivity contribution in [3.8, 4) is 34.5 Å². The molecule has 3 aromatic rings. The molecule has 0 aliphatic carbocycles. The minimum atomic E-state index is -0.207. The number of rotatable bonds is 6. The summed E-state index contributed by atoms with van der Waals surface area (Å²) in [4.78, 5) is 15.3. The van der Waals surface area contributed by atoms with Crippen molar-refractivity contribution in [1.82, 2.24) is 0 Å². The molecule has 0 unspecified atom stereocenters. The number of fused-ring (bicyclic) bond motifs is 3. The number of hydrogen-bond acceptors (Lipinski definition) is 10. The third-order valence-corrected chi connectivity index (χ3v) is 6.83. The minimum absolute atomic E-state index is 0.195. The monoisotopic (exact) mass is 563 g/mol. The van der Waals surface area contributed by atoms with Gasteiger partial charge >= 0.3 is 0 Å². The number of carbonyl (C=O) groups is 1. The molecule has 0 amide bonds. The molecule has 0 radical (unpaired) electrons. The van der Waals surface area contributed by atoms with Crippen LogP contribution in [-0.2, 0) is 16.0 Å². The first-order chi connectivity index (χ1) is 20.1. The number of benzene rings is 3. The third-order valence-electron chi connectivity index (χ3n) is 6.83. The Kier molecular flexibility index (Phi) is 8.81. The zero-order valence-corrected chi connectivity index (χ0v) is 23.6. The molecule has 0 N–H and O–H groups in total. The predicted molar refractivity (Wildman–Crippen MR) is 152 cm³/mol. The van der Waals surface area contributed by atoms with Crippen LogP contribution in [0.2, 0.25) is 0 Å². The summed E-state index contributed by atoms with van der Waals surface area (Å²) in [5.41, 5.74) is 2.92. The Labute approximate surface area is 238 Å². The number of ketones is 1. The molecule has 0 bridgehead atoms. The van der Waals surface area contributed by atoms with Gasteiger partial charge in [-0.1, -0.05) is 0 Å². The van der Waals surface area contributed by atoms with E-state index >= 15 is 0 Å². The van der Waals surface area contributed by atoms with Gasteiger partial charge in [-0.15, -0.1) is 0 Å². The zero-order valence-electron chi connectivity index (χ0n) is 23.6. The van der Waals surface area contributed by atoms with Gasteiger partial charge in [0, 0.05) is 17.3 Å². The largest absolute Gasteiger partial charge is 0.497 e. The van der Waals surface area contributed by atoms with Crippen LogP contribution in [0.15, 0.2) is 54.3 Å². The molecule has 0 saturated carbocycles. The second kappa shape index (κ2) is 12.8. The van der Waals surface area contributed by atoms with E-state index in [1.165, 1.54) is 0 Å². The number of Topliss-reactive ketones (excluding diaryl/α,β-unsaturated/α-hetero) is 1. The van der Waals surface area contributed by atoms with Crippen LogP contribution in [-0.4, -0.2) is 67.4 Å². The van der Waals surface area contributed by atoms with E-state index < -0.39 is 0 Å².